The first-order valence-electron chi connectivity index (χ1n) is 8.76. The summed E-state index contributed by atoms with van der Waals surface area (Å²) in [5.41, 5.74) is 5.27. The zero-order valence-electron chi connectivity index (χ0n) is 15.1. The molecule has 3 nitrogen and oxygen atoms in total. The summed E-state index contributed by atoms with van der Waals surface area (Å²) in [4.78, 5) is 14.4. The number of benzene rings is 3. The van der Waals surface area contributed by atoms with Gasteiger partial charge in [-0.05, 0) is 37.1 Å². The maximum Gasteiger partial charge on any atom is 0.164 e. The third kappa shape index (κ3) is 3.67. The summed E-state index contributed by atoms with van der Waals surface area (Å²) >= 11 is 3.57. The van der Waals surface area contributed by atoms with Crippen LogP contribution in [0.15, 0.2) is 77.3 Å². The maximum absolute atomic E-state index is 4.81. The Morgan fingerprint density at radius 2 is 1.00 bits per heavy atom. The molecule has 0 aliphatic carbocycles. The highest BCUT2D eigenvalue weighted by Crippen LogP contribution is 2.30. The molecular weight excluding hydrogens is 398 g/mol. The molecule has 0 bridgehead atoms. The molecule has 0 radical (unpaired) electrons. The summed E-state index contributed by atoms with van der Waals surface area (Å²) in [5.74, 6) is 2.06. The summed E-state index contributed by atoms with van der Waals surface area (Å²) in [6, 6.07) is 24.3. The van der Waals surface area contributed by atoms with Gasteiger partial charge < -0.3 is 0 Å². The van der Waals surface area contributed by atoms with E-state index in [4.69, 9.17) is 15.0 Å². The Balaban J connectivity index is 1.97. The lowest BCUT2D eigenvalue weighted by atomic mass is 10.0. The predicted molar refractivity (Wildman–Crippen MR) is 113 cm³/mol. The van der Waals surface area contributed by atoms with Gasteiger partial charge in [0, 0.05) is 21.2 Å². The summed E-state index contributed by atoms with van der Waals surface area (Å²) in [7, 11) is 0. The van der Waals surface area contributed by atoms with Gasteiger partial charge in [-0.2, -0.15) is 0 Å². The molecule has 0 N–H and O–H groups in total. The molecule has 0 fully saturated rings. The molecule has 0 aliphatic heterocycles. The van der Waals surface area contributed by atoms with E-state index in [0.717, 1.165) is 32.3 Å². The van der Waals surface area contributed by atoms with Crippen LogP contribution in [0.4, 0.5) is 0 Å². The number of nitrogens with zero attached hydrogens (tertiary/aromatic N) is 3. The molecule has 4 rings (SSSR count). The Kier molecular flexibility index (Phi) is 4.82. The molecule has 0 saturated carbocycles. The Morgan fingerprint density at radius 1 is 0.593 bits per heavy atom. The average molecular weight is 416 g/mol. The maximum atomic E-state index is 4.81. The summed E-state index contributed by atoms with van der Waals surface area (Å²) in [5, 5.41) is 0. The highest BCUT2D eigenvalue weighted by Gasteiger charge is 2.15. The average Bonchev–Trinajstić information content (AvgIpc) is 2.68. The molecular formula is C23H18BrN3. The van der Waals surface area contributed by atoms with Crippen LogP contribution in [0.5, 0.6) is 0 Å². The third-order valence-corrected chi connectivity index (χ3v) is 4.88. The minimum atomic E-state index is 0.682. The molecule has 0 unspecified atom stereocenters. The minimum Gasteiger partial charge on any atom is -0.208 e. The van der Waals surface area contributed by atoms with Crippen LogP contribution in [0.1, 0.15) is 11.1 Å². The first kappa shape index (κ1) is 17.6. The van der Waals surface area contributed by atoms with Gasteiger partial charge in [0.25, 0.3) is 0 Å². The van der Waals surface area contributed by atoms with Gasteiger partial charge in [-0.3, -0.25) is 0 Å². The lowest BCUT2D eigenvalue weighted by Crippen LogP contribution is -2.02. The molecule has 27 heavy (non-hydrogen) atoms. The van der Waals surface area contributed by atoms with Crippen LogP contribution >= 0.6 is 15.9 Å². The minimum absolute atomic E-state index is 0.682. The molecule has 132 valence electrons. The first-order chi connectivity index (χ1) is 13.1. The van der Waals surface area contributed by atoms with E-state index < -0.39 is 0 Å². The monoisotopic (exact) mass is 415 g/mol. The number of aryl methyl sites for hydroxylation is 2. The topological polar surface area (TPSA) is 38.7 Å². The number of aromatic nitrogens is 3. The number of rotatable bonds is 3. The van der Waals surface area contributed by atoms with E-state index in [2.05, 4.69) is 41.9 Å². The Morgan fingerprint density at radius 3 is 1.44 bits per heavy atom. The largest absolute Gasteiger partial charge is 0.208 e. The van der Waals surface area contributed by atoms with Crippen LogP contribution in [0.3, 0.4) is 0 Å². The van der Waals surface area contributed by atoms with E-state index in [9.17, 15) is 0 Å². The molecule has 1 aromatic heterocycles. The van der Waals surface area contributed by atoms with Crippen molar-refractivity contribution in [3.63, 3.8) is 0 Å². The Bertz CT molecular complexity index is 1010. The van der Waals surface area contributed by atoms with Gasteiger partial charge in [-0.1, -0.05) is 76.6 Å². The van der Waals surface area contributed by atoms with Gasteiger partial charge in [0.1, 0.15) is 0 Å². The zero-order chi connectivity index (χ0) is 18.8. The van der Waals surface area contributed by atoms with E-state index in [1.165, 1.54) is 0 Å². The smallest absolute Gasteiger partial charge is 0.164 e. The van der Waals surface area contributed by atoms with Crippen LogP contribution < -0.4 is 0 Å². The lowest BCUT2D eigenvalue weighted by molar-refractivity contribution is 1.07. The number of halogens is 1. The van der Waals surface area contributed by atoms with Crippen LogP contribution in [0, 0.1) is 13.8 Å². The van der Waals surface area contributed by atoms with Crippen LogP contribution in [0.25, 0.3) is 34.2 Å². The summed E-state index contributed by atoms with van der Waals surface area (Å²) < 4.78 is 1.06. The first-order valence-corrected chi connectivity index (χ1v) is 9.55. The van der Waals surface area contributed by atoms with Crippen molar-refractivity contribution in [1.82, 2.24) is 15.0 Å². The molecule has 0 atom stereocenters. The van der Waals surface area contributed by atoms with E-state index in [-0.39, 0.29) is 0 Å². The van der Waals surface area contributed by atoms with Crippen molar-refractivity contribution in [2.75, 3.05) is 0 Å². The molecule has 0 saturated heterocycles. The van der Waals surface area contributed by atoms with Gasteiger partial charge in [0.2, 0.25) is 0 Å². The predicted octanol–water partition coefficient (Wildman–Crippen LogP) is 6.25. The van der Waals surface area contributed by atoms with Gasteiger partial charge in [0.05, 0.1) is 0 Å². The molecule has 0 spiro atoms. The van der Waals surface area contributed by atoms with Gasteiger partial charge in [-0.15, -0.1) is 0 Å². The fourth-order valence-corrected chi connectivity index (χ4v) is 3.87. The fraction of sp³-hybridized carbons (Fsp3) is 0.0870. The van der Waals surface area contributed by atoms with Crippen LogP contribution in [0.2, 0.25) is 0 Å². The molecule has 0 aliphatic rings. The van der Waals surface area contributed by atoms with Crippen molar-refractivity contribution in [1.29, 1.82) is 0 Å². The van der Waals surface area contributed by atoms with Crippen molar-refractivity contribution in [3.05, 3.63) is 88.4 Å². The third-order valence-electron chi connectivity index (χ3n) is 4.42. The normalized spacial score (nSPS) is 10.8. The molecule has 4 heteroatoms. The van der Waals surface area contributed by atoms with E-state index in [0.29, 0.717) is 17.5 Å². The molecule has 3 aromatic carbocycles. The Labute approximate surface area is 167 Å². The number of hydrogen-bond acceptors (Lipinski definition) is 3. The van der Waals surface area contributed by atoms with E-state index >= 15 is 0 Å². The second kappa shape index (κ2) is 7.41. The SMILES string of the molecule is Cc1cc(Br)cc(C)c1-c1nc(-c2ccccc2)nc(-c2ccccc2)n1. The van der Waals surface area contributed by atoms with Crippen molar-refractivity contribution in [2.24, 2.45) is 0 Å². The van der Waals surface area contributed by atoms with Crippen molar-refractivity contribution in [2.45, 2.75) is 13.8 Å². The zero-order valence-corrected chi connectivity index (χ0v) is 16.7. The van der Waals surface area contributed by atoms with Crippen molar-refractivity contribution in [3.8, 4) is 34.2 Å². The Hall–Kier alpha value is -2.85. The second-order valence-electron chi connectivity index (χ2n) is 6.45. The van der Waals surface area contributed by atoms with Gasteiger partial charge >= 0.3 is 0 Å². The van der Waals surface area contributed by atoms with E-state index in [1.54, 1.807) is 0 Å². The van der Waals surface area contributed by atoms with Gasteiger partial charge in [-0.25, -0.2) is 15.0 Å². The van der Waals surface area contributed by atoms with Crippen LogP contribution in [-0.4, -0.2) is 15.0 Å². The number of hydrogen-bond donors (Lipinski definition) is 0. The second-order valence-corrected chi connectivity index (χ2v) is 7.37. The quantitative estimate of drug-likeness (QED) is 0.396. The van der Waals surface area contributed by atoms with E-state index in [1.807, 2.05) is 60.7 Å². The lowest BCUT2D eigenvalue weighted by Gasteiger charge is -2.12. The standard InChI is InChI=1S/C23H18BrN3/c1-15-13-19(24)14-16(2)20(15)23-26-21(17-9-5-3-6-10-17)25-22(27-23)18-11-7-4-8-12-18/h3-14H,1-2H3. The van der Waals surface area contributed by atoms with Crippen molar-refractivity contribution < 1.29 is 0 Å². The highest BCUT2D eigenvalue weighted by atomic mass is 79.9. The van der Waals surface area contributed by atoms with Crippen molar-refractivity contribution >= 4 is 15.9 Å². The molecule has 1 heterocycles. The summed E-state index contributed by atoms with van der Waals surface area (Å²) in [6.45, 7) is 4.17. The van der Waals surface area contributed by atoms with Crippen LogP contribution in [-0.2, 0) is 0 Å². The summed E-state index contributed by atoms with van der Waals surface area (Å²) in [6.07, 6.45) is 0. The highest BCUT2D eigenvalue weighted by molar-refractivity contribution is 9.10. The van der Waals surface area contributed by atoms with Gasteiger partial charge in [0.15, 0.2) is 17.5 Å². The fourth-order valence-electron chi connectivity index (χ4n) is 3.18. The molecule has 0 amide bonds. The molecule has 4 aromatic rings.